The van der Waals surface area contributed by atoms with Gasteiger partial charge in [0.25, 0.3) is 0 Å². The lowest BCUT2D eigenvalue weighted by Crippen LogP contribution is -2.26. The molecule has 17 heavy (non-hydrogen) atoms. The maximum Gasteiger partial charge on any atom is 0.242 e. The van der Waals surface area contributed by atoms with Gasteiger partial charge in [-0.05, 0) is 11.6 Å². The fourth-order valence-electron chi connectivity index (χ4n) is 1.55. The summed E-state index contributed by atoms with van der Waals surface area (Å²) in [6.45, 7) is 0.0346. The number of nitrogens with zero attached hydrogens (tertiary/aromatic N) is 1. The highest BCUT2D eigenvalue weighted by molar-refractivity contribution is 7.89. The number of hydrogen-bond acceptors (Lipinski definition) is 4. The van der Waals surface area contributed by atoms with E-state index in [1.807, 2.05) is 0 Å². The fraction of sp³-hybridized carbons (Fsp3) is 0.455. The molecule has 1 unspecified atom stereocenters. The summed E-state index contributed by atoms with van der Waals surface area (Å²) in [5.41, 5.74) is 6.10. The van der Waals surface area contributed by atoms with E-state index in [0.717, 1.165) is 4.31 Å². The number of sulfonamides is 1. The third kappa shape index (κ3) is 2.84. The number of nitrogens with two attached hydrogens (primary N) is 1. The van der Waals surface area contributed by atoms with Crippen molar-refractivity contribution in [3.05, 3.63) is 29.8 Å². The predicted molar refractivity (Wildman–Crippen MR) is 66.2 cm³/mol. The molecule has 3 N–H and O–H groups in total. The molecule has 1 aromatic carbocycles. The molecule has 1 atom stereocenters. The fourth-order valence-corrected chi connectivity index (χ4v) is 2.73. The molecule has 0 bridgehead atoms. The molecule has 0 radical (unpaired) electrons. The first kappa shape index (κ1) is 14.1. The van der Waals surface area contributed by atoms with Crippen LogP contribution in [0.3, 0.4) is 0 Å². The van der Waals surface area contributed by atoms with E-state index in [1.54, 1.807) is 18.2 Å². The number of hydrogen-bond donors (Lipinski definition) is 2. The largest absolute Gasteiger partial charge is 0.396 e. The summed E-state index contributed by atoms with van der Waals surface area (Å²) in [4.78, 5) is 0.203. The maximum absolute atomic E-state index is 12.1. The van der Waals surface area contributed by atoms with Crippen LogP contribution in [-0.4, -0.2) is 45.1 Å². The van der Waals surface area contributed by atoms with E-state index in [0.29, 0.717) is 5.56 Å². The lowest BCUT2D eigenvalue weighted by molar-refractivity contribution is 0.266. The minimum Gasteiger partial charge on any atom is -0.396 e. The Morgan fingerprint density at radius 2 is 1.94 bits per heavy atom. The Morgan fingerprint density at radius 1 is 1.35 bits per heavy atom. The Bertz CT molecular complexity index is 467. The molecule has 6 heteroatoms. The average molecular weight is 258 g/mol. The van der Waals surface area contributed by atoms with Crippen molar-refractivity contribution in [2.24, 2.45) is 5.73 Å². The normalized spacial score (nSPS) is 13.9. The molecule has 0 aliphatic heterocycles. The molecule has 1 aromatic rings. The van der Waals surface area contributed by atoms with Crippen molar-refractivity contribution in [2.45, 2.75) is 10.8 Å². The highest BCUT2D eigenvalue weighted by Gasteiger charge is 2.23. The number of benzene rings is 1. The van der Waals surface area contributed by atoms with Crippen LogP contribution in [0.25, 0.3) is 0 Å². The van der Waals surface area contributed by atoms with Crippen molar-refractivity contribution >= 4 is 10.0 Å². The van der Waals surface area contributed by atoms with Crippen molar-refractivity contribution < 1.29 is 13.5 Å². The third-order valence-corrected chi connectivity index (χ3v) is 4.51. The van der Waals surface area contributed by atoms with E-state index in [-0.39, 0.29) is 24.0 Å². The summed E-state index contributed by atoms with van der Waals surface area (Å²) in [6, 6.07) is 6.61. The van der Waals surface area contributed by atoms with E-state index in [9.17, 15) is 13.5 Å². The first-order valence-electron chi connectivity index (χ1n) is 5.27. The van der Waals surface area contributed by atoms with Gasteiger partial charge in [-0.15, -0.1) is 0 Å². The molecule has 0 heterocycles. The monoisotopic (exact) mass is 258 g/mol. The van der Waals surface area contributed by atoms with E-state index in [1.165, 1.54) is 20.2 Å². The first-order valence-corrected chi connectivity index (χ1v) is 6.71. The molecule has 0 aromatic heterocycles. The molecule has 5 nitrogen and oxygen atoms in total. The van der Waals surface area contributed by atoms with E-state index in [2.05, 4.69) is 0 Å². The van der Waals surface area contributed by atoms with Crippen molar-refractivity contribution in [3.8, 4) is 0 Å². The molecule has 0 saturated heterocycles. The lowest BCUT2D eigenvalue weighted by Gasteiger charge is -2.19. The van der Waals surface area contributed by atoms with Crippen molar-refractivity contribution in [2.75, 3.05) is 27.2 Å². The Kier molecular flexibility index (Phi) is 4.64. The maximum atomic E-state index is 12.1. The second-order valence-electron chi connectivity index (χ2n) is 3.94. The van der Waals surface area contributed by atoms with Crippen molar-refractivity contribution in [1.29, 1.82) is 0 Å². The molecule has 0 spiro atoms. The molecular formula is C11H18N2O3S. The molecule has 1 rings (SSSR count). The van der Waals surface area contributed by atoms with Crippen LogP contribution < -0.4 is 5.73 Å². The Labute approximate surface area is 102 Å². The third-order valence-electron chi connectivity index (χ3n) is 2.62. The van der Waals surface area contributed by atoms with Crippen LogP contribution >= 0.6 is 0 Å². The average Bonchev–Trinajstić information content (AvgIpc) is 2.31. The van der Waals surface area contributed by atoms with Crippen molar-refractivity contribution in [1.82, 2.24) is 4.31 Å². The topological polar surface area (TPSA) is 83.6 Å². The van der Waals surface area contributed by atoms with E-state index < -0.39 is 10.0 Å². The minimum absolute atomic E-state index is 0.170. The quantitative estimate of drug-likeness (QED) is 0.777. The second-order valence-corrected chi connectivity index (χ2v) is 6.06. The summed E-state index contributed by atoms with van der Waals surface area (Å²) >= 11 is 0. The van der Waals surface area contributed by atoms with Gasteiger partial charge in [0.05, 0.1) is 11.5 Å². The summed E-state index contributed by atoms with van der Waals surface area (Å²) in [5.74, 6) is -0.360. The van der Waals surface area contributed by atoms with Crippen LogP contribution in [-0.2, 0) is 10.0 Å². The molecule has 0 saturated carbocycles. The summed E-state index contributed by atoms with van der Waals surface area (Å²) in [7, 11) is -0.557. The Morgan fingerprint density at radius 3 is 2.41 bits per heavy atom. The zero-order chi connectivity index (χ0) is 13.1. The van der Waals surface area contributed by atoms with Gasteiger partial charge >= 0.3 is 0 Å². The zero-order valence-corrected chi connectivity index (χ0v) is 10.8. The van der Waals surface area contributed by atoms with Crippen LogP contribution in [0.1, 0.15) is 11.5 Å². The van der Waals surface area contributed by atoms with Crippen LogP contribution in [0, 0.1) is 0 Å². The van der Waals surface area contributed by atoms with Crippen LogP contribution in [0.2, 0.25) is 0 Å². The van der Waals surface area contributed by atoms with E-state index >= 15 is 0 Å². The highest BCUT2D eigenvalue weighted by atomic mass is 32.2. The molecule has 0 amide bonds. The summed E-state index contributed by atoms with van der Waals surface area (Å²) in [5, 5.41) is 9.22. The SMILES string of the molecule is CN(C)S(=O)(=O)c1ccccc1C(CN)CO. The standard InChI is InChI=1S/C11H18N2O3S/c1-13(2)17(15,16)11-6-4-3-5-10(11)9(7-12)8-14/h3-6,9,14H,7-8,12H2,1-2H3. The first-order chi connectivity index (χ1) is 7.95. The smallest absolute Gasteiger partial charge is 0.242 e. The molecule has 0 aliphatic rings. The number of aliphatic hydroxyl groups excluding tert-OH is 1. The number of aliphatic hydroxyl groups is 1. The molecule has 0 aliphatic carbocycles. The Hall–Kier alpha value is -0.950. The Balaban J connectivity index is 3.35. The predicted octanol–water partition coefficient (Wildman–Crippen LogP) is -0.0285. The summed E-state index contributed by atoms with van der Waals surface area (Å²) < 4.78 is 25.3. The molecule has 0 fully saturated rings. The zero-order valence-electron chi connectivity index (χ0n) is 10.00. The number of rotatable bonds is 5. The van der Waals surface area contributed by atoms with Gasteiger partial charge in [-0.3, -0.25) is 0 Å². The van der Waals surface area contributed by atoms with Crippen molar-refractivity contribution in [3.63, 3.8) is 0 Å². The van der Waals surface area contributed by atoms with Gasteiger partial charge < -0.3 is 10.8 Å². The van der Waals surface area contributed by atoms with Gasteiger partial charge in [0.15, 0.2) is 0 Å². The van der Waals surface area contributed by atoms with Crippen LogP contribution in [0.5, 0.6) is 0 Å². The van der Waals surface area contributed by atoms with Gasteiger partial charge in [-0.2, -0.15) is 0 Å². The lowest BCUT2D eigenvalue weighted by atomic mass is 10.0. The van der Waals surface area contributed by atoms with Crippen LogP contribution in [0.4, 0.5) is 0 Å². The molecule has 96 valence electrons. The highest BCUT2D eigenvalue weighted by Crippen LogP contribution is 2.24. The van der Waals surface area contributed by atoms with Gasteiger partial charge in [0.1, 0.15) is 0 Å². The molecular weight excluding hydrogens is 240 g/mol. The van der Waals surface area contributed by atoms with Gasteiger partial charge in [-0.25, -0.2) is 12.7 Å². The van der Waals surface area contributed by atoms with Gasteiger partial charge in [0, 0.05) is 26.6 Å². The second kappa shape index (κ2) is 5.59. The van der Waals surface area contributed by atoms with Gasteiger partial charge in [-0.1, -0.05) is 18.2 Å². The van der Waals surface area contributed by atoms with E-state index in [4.69, 9.17) is 5.73 Å². The minimum atomic E-state index is -3.51. The van der Waals surface area contributed by atoms with Crippen LogP contribution in [0.15, 0.2) is 29.2 Å². The van der Waals surface area contributed by atoms with Gasteiger partial charge in [0.2, 0.25) is 10.0 Å². The summed E-state index contributed by atoms with van der Waals surface area (Å²) in [6.07, 6.45) is 0.